The summed E-state index contributed by atoms with van der Waals surface area (Å²) in [5.41, 5.74) is 1.81. The average molecular weight is 345 g/mol. The largest absolute Gasteiger partial charge is 0.410 e. The molecular weight excluding hydrogens is 337 g/mol. The van der Waals surface area contributed by atoms with E-state index >= 15 is 0 Å². The third-order valence-electron chi connectivity index (χ3n) is 2.40. The van der Waals surface area contributed by atoms with Crippen LogP contribution in [0.5, 0.6) is 0 Å². The monoisotopic (exact) mass is 343 g/mol. The van der Waals surface area contributed by atoms with E-state index in [0.717, 1.165) is 10.0 Å². The SMILES string of the molecule is O/N=C(/c1ccc(Br)cc1)c1ccc(Cl)cc1Cl. The fraction of sp³-hybridized carbons (Fsp3) is 0. The molecule has 0 aliphatic rings. The van der Waals surface area contributed by atoms with Crippen molar-refractivity contribution in [2.45, 2.75) is 0 Å². The Kier molecular flexibility index (Phi) is 4.27. The molecule has 0 radical (unpaired) electrons. The molecular formula is C13H8BrCl2NO. The Morgan fingerprint density at radius 2 is 1.72 bits per heavy atom. The number of halogens is 3. The van der Waals surface area contributed by atoms with Crippen molar-refractivity contribution in [1.29, 1.82) is 0 Å². The molecule has 2 aromatic carbocycles. The van der Waals surface area contributed by atoms with E-state index in [1.54, 1.807) is 18.2 Å². The van der Waals surface area contributed by atoms with Gasteiger partial charge in [-0.25, -0.2) is 0 Å². The van der Waals surface area contributed by atoms with E-state index in [9.17, 15) is 5.21 Å². The number of rotatable bonds is 2. The minimum absolute atomic E-state index is 0.407. The topological polar surface area (TPSA) is 32.6 Å². The van der Waals surface area contributed by atoms with E-state index in [2.05, 4.69) is 21.1 Å². The van der Waals surface area contributed by atoms with Gasteiger partial charge in [-0.1, -0.05) is 56.4 Å². The standard InChI is InChI=1S/C13H8BrCl2NO/c14-9-3-1-8(2-4-9)13(17-18)11-6-5-10(15)7-12(11)16/h1-7,18H/b17-13-. The Bertz CT molecular complexity index is 596. The van der Waals surface area contributed by atoms with Crippen molar-refractivity contribution in [3.05, 3.63) is 68.1 Å². The summed E-state index contributed by atoms with van der Waals surface area (Å²) in [6.45, 7) is 0. The van der Waals surface area contributed by atoms with E-state index in [1.165, 1.54) is 0 Å². The molecule has 0 saturated heterocycles. The van der Waals surface area contributed by atoms with Gasteiger partial charge in [0.1, 0.15) is 5.71 Å². The number of benzene rings is 2. The molecule has 0 aliphatic heterocycles. The molecule has 5 heteroatoms. The van der Waals surface area contributed by atoms with Gasteiger partial charge in [-0.2, -0.15) is 0 Å². The summed E-state index contributed by atoms with van der Waals surface area (Å²) >= 11 is 15.3. The summed E-state index contributed by atoms with van der Waals surface area (Å²) in [7, 11) is 0. The molecule has 0 aromatic heterocycles. The van der Waals surface area contributed by atoms with Crippen LogP contribution >= 0.6 is 39.1 Å². The van der Waals surface area contributed by atoms with Gasteiger partial charge in [0, 0.05) is 20.6 Å². The summed E-state index contributed by atoms with van der Waals surface area (Å²) in [6.07, 6.45) is 0. The van der Waals surface area contributed by atoms with Gasteiger partial charge < -0.3 is 5.21 Å². The second-order valence-corrected chi connectivity index (χ2v) is 5.34. The molecule has 0 atom stereocenters. The normalized spacial score (nSPS) is 11.6. The Labute approximate surface area is 123 Å². The van der Waals surface area contributed by atoms with Gasteiger partial charge in [-0.05, 0) is 30.3 Å². The first kappa shape index (κ1) is 13.4. The van der Waals surface area contributed by atoms with Crippen molar-refractivity contribution < 1.29 is 5.21 Å². The molecule has 0 spiro atoms. The molecule has 18 heavy (non-hydrogen) atoms. The maximum atomic E-state index is 9.18. The summed E-state index contributed by atoms with van der Waals surface area (Å²) in [5, 5.41) is 13.5. The van der Waals surface area contributed by atoms with Crippen LogP contribution < -0.4 is 0 Å². The van der Waals surface area contributed by atoms with Crippen molar-refractivity contribution >= 4 is 44.8 Å². The highest BCUT2D eigenvalue weighted by Gasteiger charge is 2.11. The lowest BCUT2D eigenvalue weighted by atomic mass is 10.0. The van der Waals surface area contributed by atoms with Crippen LogP contribution in [0, 0.1) is 0 Å². The van der Waals surface area contributed by atoms with Crippen molar-refractivity contribution in [2.75, 3.05) is 0 Å². The maximum Gasteiger partial charge on any atom is 0.118 e. The van der Waals surface area contributed by atoms with Crippen LogP contribution in [0.4, 0.5) is 0 Å². The second-order valence-electron chi connectivity index (χ2n) is 3.58. The van der Waals surface area contributed by atoms with E-state index in [1.807, 2.05) is 24.3 Å². The molecule has 0 bridgehead atoms. The van der Waals surface area contributed by atoms with E-state index in [-0.39, 0.29) is 0 Å². The first-order valence-corrected chi connectivity index (χ1v) is 6.60. The zero-order valence-corrected chi connectivity index (χ0v) is 12.2. The number of nitrogens with zero attached hydrogens (tertiary/aromatic N) is 1. The summed E-state index contributed by atoms with van der Waals surface area (Å²) in [5.74, 6) is 0. The maximum absolute atomic E-state index is 9.18. The molecule has 0 saturated carbocycles. The zero-order chi connectivity index (χ0) is 13.1. The number of hydrogen-bond acceptors (Lipinski definition) is 2. The van der Waals surface area contributed by atoms with Crippen LogP contribution in [0.3, 0.4) is 0 Å². The Morgan fingerprint density at radius 1 is 1.06 bits per heavy atom. The van der Waals surface area contributed by atoms with Crippen molar-refractivity contribution in [1.82, 2.24) is 0 Å². The first-order valence-electron chi connectivity index (χ1n) is 5.05. The number of hydrogen-bond donors (Lipinski definition) is 1. The molecule has 2 nitrogen and oxygen atoms in total. The van der Waals surface area contributed by atoms with Crippen LogP contribution in [0.15, 0.2) is 52.1 Å². The van der Waals surface area contributed by atoms with E-state index < -0.39 is 0 Å². The highest BCUT2D eigenvalue weighted by atomic mass is 79.9. The lowest BCUT2D eigenvalue weighted by molar-refractivity contribution is 0.319. The van der Waals surface area contributed by atoms with Gasteiger partial charge in [0.25, 0.3) is 0 Å². The van der Waals surface area contributed by atoms with Gasteiger partial charge in [-0.15, -0.1) is 0 Å². The fourth-order valence-corrected chi connectivity index (χ4v) is 2.32. The van der Waals surface area contributed by atoms with Crippen molar-refractivity contribution in [3.63, 3.8) is 0 Å². The van der Waals surface area contributed by atoms with Gasteiger partial charge in [0.05, 0.1) is 5.02 Å². The molecule has 2 aromatic rings. The van der Waals surface area contributed by atoms with E-state index in [4.69, 9.17) is 23.2 Å². The minimum atomic E-state index is 0.407. The average Bonchev–Trinajstić information content (AvgIpc) is 2.35. The molecule has 1 N–H and O–H groups in total. The fourth-order valence-electron chi connectivity index (χ4n) is 1.56. The zero-order valence-electron chi connectivity index (χ0n) is 9.07. The van der Waals surface area contributed by atoms with Crippen molar-refractivity contribution in [3.8, 4) is 0 Å². The Hall–Kier alpha value is -1.03. The summed E-state index contributed by atoms with van der Waals surface area (Å²) < 4.78 is 0.950. The molecule has 0 unspecified atom stereocenters. The highest BCUT2D eigenvalue weighted by molar-refractivity contribution is 9.10. The van der Waals surface area contributed by atoms with Crippen LogP contribution in [-0.4, -0.2) is 10.9 Å². The predicted molar refractivity (Wildman–Crippen MR) is 78.0 cm³/mol. The first-order chi connectivity index (χ1) is 8.61. The smallest absolute Gasteiger partial charge is 0.118 e. The van der Waals surface area contributed by atoms with Gasteiger partial charge in [-0.3, -0.25) is 0 Å². The molecule has 92 valence electrons. The van der Waals surface area contributed by atoms with Gasteiger partial charge >= 0.3 is 0 Å². The molecule has 0 amide bonds. The second kappa shape index (κ2) is 5.74. The van der Waals surface area contributed by atoms with E-state index in [0.29, 0.717) is 21.3 Å². The Morgan fingerprint density at radius 3 is 2.28 bits per heavy atom. The predicted octanol–water partition coefficient (Wildman–Crippen LogP) is 4.98. The van der Waals surface area contributed by atoms with Crippen LogP contribution in [0.1, 0.15) is 11.1 Å². The number of oxime groups is 1. The van der Waals surface area contributed by atoms with Crippen molar-refractivity contribution in [2.24, 2.45) is 5.16 Å². The Balaban J connectivity index is 2.49. The van der Waals surface area contributed by atoms with Gasteiger partial charge in [0.15, 0.2) is 0 Å². The van der Waals surface area contributed by atoms with Gasteiger partial charge in [0.2, 0.25) is 0 Å². The third-order valence-corrected chi connectivity index (χ3v) is 3.48. The molecule has 2 rings (SSSR count). The van der Waals surface area contributed by atoms with Crippen LogP contribution in [0.2, 0.25) is 10.0 Å². The molecule has 0 heterocycles. The third kappa shape index (κ3) is 2.86. The summed E-state index contributed by atoms with van der Waals surface area (Å²) in [4.78, 5) is 0. The molecule has 0 aliphatic carbocycles. The molecule has 0 fully saturated rings. The lowest BCUT2D eigenvalue weighted by Gasteiger charge is -2.07. The highest BCUT2D eigenvalue weighted by Crippen LogP contribution is 2.24. The van der Waals surface area contributed by atoms with Crippen LogP contribution in [0.25, 0.3) is 0 Å². The minimum Gasteiger partial charge on any atom is -0.410 e. The quantitative estimate of drug-likeness (QED) is 0.465. The lowest BCUT2D eigenvalue weighted by Crippen LogP contribution is -2.04. The summed E-state index contributed by atoms with van der Waals surface area (Å²) in [6, 6.07) is 12.4. The van der Waals surface area contributed by atoms with Crippen LogP contribution in [-0.2, 0) is 0 Å².